The van der Waals surface area contributed by atoms with Gasteiger partial charge in [0.15, 0.2) is 0 Å². The molecule has 0 nitrogen and oxygen atoms in total. The van der Waals surface area contributed by atoms with E-state index in [9.17, 15) is 0 Å². The van der Waals surface area contributed by atoms with Gasteiger partial charge in [0.2, 0.25) is 0 Å². The molecule has 0 saturated heterocycles. The first-order valence-electron chi connectivity index (χ1n) is 7.61. The summed E-state index contributed by atoms with van der Waals surface area (Å²) < 4.78 is 0. The van der Waals surface area contributed by atoms with E-state index in [1.54, 1.807) is 0 Å². The Morgan fingerprint density at radius 2 is 1.43 bits per heavy atom. The first-order chi connectivity index (χ1) is 10.1. The monoisotopic (exact) mass is 318 g/mol. The van der Waals surface area contributed by atoms with Crippen molar-refractivity contribution in [1.29, 1.82) is 0 Å². The van der Waals surface area contributed by atoms with E-state index >= 15 is 0 Å². The van der Waals surface area contributed by atoms with Crippen LogP contribution in [0.4, 0.5) is 0 Å². The highest BCUT2D eigenvalue weighted by Gasteiger charge is 2.38. The van der Waals surface area contributed by atoms with Crippen LogP contribution in [0.25, 0.3) is 0 Å². The lowest BCUT2D eigenvalue weighted by Crippen LogP contribution is -2.33. The van der Waals surface area contributed by atoms with Crippen LogP contribution in [0.3, 0.4) is 0 Å². The van der Waals surface area contributed by atoms with Crippen LogP contribution in [0.5, 0.6) is 0 Å². The smallest absolute Gasteiger partial charge is 0.0406 e. The molecule has 0 amide bonds. The zero-order valence-electron chi connectivity index (χ0n) is 12.3. The highest BCUT2D eigenvalue weighted by atomic mass is 35.5. The normalized spacial score (nSPS) is 25.8. The summed E-state index contributed by atoms with van der Waals surface area (Å²) in [4.78, 5) is 0. The molecule has 2 heteroatoms. The van der Waals surface area contributed by atoms with E-state index in [0.29, 0.717) is 5.92 Å². The highest BCUT2D eigenvalue weighted by Crippen LogP contribution is 2.49. The molecule has 0 heterocycles. The minimum absolute atomic E-state index is 0.177. The second kappa shape index (κ2) is 6.02. The number of hydrogen-bond donors (Lipinski definition) is 0. The first-order valence-corrected chi connectivity index (χ1v) is 8.37. The molecule has 0 N–H and O–H groups in total. The SMILES string of the molecule is CC1(c2ccc(Cl)cc2)CCCCC1c1ccc(Cl)cc1. The summed E-state index contributed by atoms with van der Waals surface area (Å²) in [5.74, 6) is 0.546. The van der Waals surface area contributed by atoms with Gasteiger partial charge in [-0.05, 0) is 59.6 Å². The van der Waals surface area contributed by atoms with Crippen molar-refractivity contribution in [3.8, 4) is 0 Å². The van der Waals surface area contributed by atoms with Crippen molar-refractivity contribution < 1.29 is 0 Å². The lowest BCUT2D eigenvalue weighted by Gasteiger charge is -2.42. The van der Waals surface area contributed by atoms with Crippen LogP contribution in [0, 0.1) is 0 Å². The Labute approximate surface area is 137 Å². The Bertz CT molecular complexity index is 600. The van der Waals surface area contributed by atoms with Crippen molar-refractivity contribution in [3.63, 3.8) is 0 Å². The predicted molar refractivity (Wildman–Crippen MR) is 91.5 cm³/mol. The summed E-state index contributed by atoms with van der Waals surface area (Å²) in [5, 5.41) is 1.61. The van der Waals surface area contributed by atoms with E-state index in [0.717, 1.165) is 10.0 Å². The van der Waals surface area contributed by atoms with Gasteiger partial charge in [0.1, 0.15) is 0 Å². The molecule has 1 aliphatic carbocycles. The standard InChI is InChI=1S/C19H20Cl2/c1-19(15-7-11-17(21)12-8-15)13-3-2-4-18(19)14-5-9-16(20)10-6-14/h5-12,18H,2-4,13H2,1H3. The number of halogens is 2. The maximum absolute atomic E-state index is 6.05. The lowest BCUT2D eigenvalue weighted by molar-refractivity contribution is 0.270. The van der Waals surface area contributed by atoms with Gasteiger partial charge in [-0.25, -0.2) is 0 Å². The molecule has 110 valence electrons. The van der Waals surface area contributed by atoms with E-state index in [1.807, 2.05) is 24.3 Å². The van der Waals surface area contributed by atoms with E-state index in [-0.39, 0.29) is 5.41 Å². The second-order valence-corrected chi connectivity index (χ2v) is 7.15. The number of benzene rings is 2. The Kier molecular flexibility index (Phi) is 4.28. The molecule has 2 aromatic carbocycles. The van der Waals surface area contributed by atoms with Crippen molar-refractivity contribution >= 4 is 23.2 Å². The summed E-state index contributed by atoms with van der Waals surface area (Å²) in [6.45, 7) is 2.40. The fourth-order valence-corrected chi connectivity index (χ4v) is 3.99. The van der Waals surface area contributed by atoms with E-state index in [2.05, 4.69) is 31.2 Å². The van der Waals surface area contributed by atoms with Gasteiger partial charge in [-0.1, -0.05) is 67.2 Å². The highest BCUT2D eigenvalue weighted by molar-refractivity contribution is 6.30. The van der Waals surface area contributed by atoms with Crippen LogP contribution in [0.15, 0.2) is 48.5 Å². The molecule has 3 rings (SSSR count). The second-order valence-electron chi connectivity index (χ2n) is 6.27. The third-order valence-corrected chi connectivity index (χ3v) is 5.49. The van der Waals surface area contributed by atoms with Crippen LogP contribution >= 0.6 is 23.2 Å². The molecular formula is C19H20Cl2. The molecule has 0 aliphatic heterocycles. The summed E-state index contributed by atoms with van der Waals surface area (Å²) in [6, 6.07) is 16.8. The summed E-state index contributed by atoms with van der Waals surface area (Å²) in [7, 11) is 0. The van der Waals surface area contributed by atoms with E-state index in [4.69, 9.17) is 23.2 Å². The third kappa shape index (κ3) is 2.98. The molecule has 2 aromatic rings. The molecule has 21 heavy (non-hydrogen) atoms. The largest absolute Gasteiger partial charge is 0.0843 e. The lowest BCUT2D eigenvalue weighted by atomic mass is 9.61. The van der Waals surface area contributed by atoms with Gasteiger partial charge < -0.3 is 0 Å². The van der Waals surface area contributed by atoms with Crippen molar-refractivity contribution in [2.45, 2.75) is 43.9 Å². The van der Waals surface area contributed by atoms with Crippen LogP contribution < -0.4 is 0 Å². The maximum atomic E-state index is 6.05. The van der Waals surface area contributed by atoms with Crippen molar-refractivity contribution in [2.24, 2.45) is 0 Å². The average Bonchev–Trinajstić information content (AvgIpc) is 2.49. The molecule has 0 spiro atoms. The summed E-state index contributed by atoms with van der Waals surface area (Å²) >= 11 is 12.1. The quantitative estimate of drug-likeness (QED) is 0.584. The Hall–Kier alpha value is -0.980. The molecule has 1 fully saturated rings. The molecule has 1 saturated carbocycles. The van der Waals surface area contributed by atoms with Crippen molar-refractivity contribution in [2.75, 3.05) is 0 Å². The minimum Gasteiger partial charge on any atom is -0.0843 e. The van der Waals surface area contributed by atoms with Crippen LogP contribution in [0.2, 0.25) is 10.0 Å². The van der Waals surface area contributed by atoms with Gasteiger partial charge in [-0.3, -0.25) is 0 Å². The van der Waals surface area contributed by atoms with Gasteiger partial charge >= 0.3 is 0 Å². The van der Waals surface area contributed by atoms with Crippen LogP contribution in [-0.4, -0.2) is 0 Å². The van der Waals surface area contributed by atoms with Crippen molar-refractivity contribution in [1.82, 2.24) is 0 Å². The van der Waals surface area contributed by atoms with Gasteiger partial charge in [0.25, 0.3) is 0 Å². The first kappa shape index (κ1) is 14.9. The summed E-state index contributed by atoms with van der Waals surface area (Å²) in [5.41, 5.74) is 2.97. The van der Waals surface area contributed by atoms with Crippen LogP contribution in [0.1, 0.15) is 49.7 Å². The molecule has 0 radical (unpaired) electrons. The van der Waals surface area contributed by atoms with E-state index in [1.165, 1.54) is 36.8 Å². The Morgan fingerprint density at radius 1 is 0.857 bits per heavy atom. The third-order valence-electron chi connectivity index (χ3n) is 4.98. The zero-order valence-corrected chi connectivity index (χ0v) is 13.8. The molecule has 0 aromatic heterocycles. The minimum atomic E-state index is 0.177. The van der Waals surface area contributed by atoms with Gasteiger partial charge in [0.05, 0.1) is 0 Å². The molecule has 0 bridgehead atoms. The van der Waals surface area contributed by atoms with Gasteiger partial charge in [-0.2, -0.15) is 0 Å². The van der Waals surface area contributed by atoms with Gasteiger partial charge in [-0.15, -0.1) is 0 Å². The number of rotatable bonds is 2. The fraction of sp³-hybridized carbons (Fsp3) is 0.368. The maximum Gasteiger partial charge on any atom is 0.0406 e. The molecular weight excluding hydrogens is 299 g/mol. The van der Waals surface area contributed by atoms with E-state index < -0.39 is 0 Å². The van der Waals surface area contributed by atoms with Crippen molar-refractivity contribution in [3.05, 3.63) is 69.7 Å². The molecule has 1 aliphatic rings. The zero-order chi connectivity index (χ0) is 14.9. The summed E-state index contributed by atoms with van der Waals surface area (Å²) in [6.07, 6.45) is 5.06. The molecule has 2 unspecified atom stereocenters. The fourth-order valence-electron chi connectivity index (χ4n) is 3.74. The molecule has 2 atom stereocenters. The van der Waals surface area contributed by atoms with Crippen LogP contribution in [-0.2, 0) is 5.41 Å². The van der Waals surface area contributed by atoms with Gasteiger partial charge in [0, 0.05) is 10.0 Å². The topological polar surface area (TPSA) is 0 Å². The number of hydrogen-bond acceptors (Lipinski definition) is 0. The predicted octanol–water partition coefficient (Wildman–Crippen LogP) is 6.61. The Morgan fingerprint density at radius 3 is 2.05 bits per heavy atom. The average molecular weight is 319 g/mol. The Balaban J connectivity index is 2.00.